The molecule has 1 aliphatic rings. The molecule has 0 aliphatic carbocycles. The summed E-state index contributed by atoms with van der Waals surface area (Å²) in [5.74, 6) is -0.456. The number of carboxylic acid groups (broad SMARTS) is 1. The highest BCUT2D eigenvalue weighted by molar-refractivity contribution is 5.88. The number of H-pyrrole nitrogens is 1. The molecule has 250 valence electrons. The maximum absolute atomic E-state index is 13.6. The number of halogens is 6. The molecule has 5 rings (SSSR count). The summed E-state index contributed by atoms with van der Waals surface area (Å²) in [5.41, 5.74) is -2.16. The molecule has 0 fully saturated rings. The van der Waals surface area contributed by atoms with Crippen molar-refractivity contribution in [1.29, 1.82) is 0 Å². The lowest BCUT2D eigenvalue weighted by Gasteiger charge is -2.38. The number of ether oxygens (including phenoxy) is 1. The molecule has 0 unspecified atom stereocenters. The van der Waals surface area contributed by atoms with Crippen LogP contribution < -0.4 is 20.7 Å². The van der Waals surface area contributed by atoms with Gasteiger partial charge in [-0.3, -0.25) is 14.4 Å². The van der Waals surface area contributed by atoms with E-state index in [0.717, 1.165) is 0 Å². The number of alkyl halides is 6. The molecule has 3 N–H and O–H groups in total. The smallest absolute Gasteiger partial charge is 0.438 e. The van der Waals surface area contributed by atoms with E-state index in [1.165, 1.54) is 24.3 Å². The molecule has 0 bridgehead atoms. The lowest BCUT2D eigenvalue weighted by Crippen LogP contribution is -2.45. The standard InChI is InChI=1S/C29H27F6N7O5/c1-3-18-12-20(24-21(42(18)27(44)45)5-7-23(40-24)46-2)38-25-36-13-15(4-6-22-39-26(43)47-41-22)19(37-25)10-14-8-16(28(30,31)32)11-17(9-14)29(33,34)35/h5,7-9,11,13,18,20H,3-4,6,10,12H2,1-2H3,(H,44,45)(H,36,37,38)(H,39,41,43)/t18-,20+/m1/s1. The van der Waals surface area contributed by atoms with Gasteiger partial charge in [0.05, 0.1) is 41.4 Å². The number of amides is 1. The number of hydrogen-bond donors (Lipinski definition) is 3. The first-order valence-electron chi connectivity index (χ1n) is 14.2. The fraction of sp³-hybridized carbons (Fsp3) is 0.379. The van der Waals surface area contributed by atoms with Crippen molar-refractivity contribution in [2.75, 3.05) is 17.3 Å². The van der Waals surface area contributed by atoms with Crippen LogP contribution in [0, 0.1) is 0 Å². The summed E-state index contributed by atoms with van der Waals surface area (Å²) in [6, 6.07) is 3.25. The first-order valence-corrected chi connectivity index (χ1v) is 14.2. The van der Waals surface area contributed by atoms with Crippen LogP contribution in [0.25, 0.3) is 0 Å². The van der Waals surface area contributed by atoms with Crippen LogP contribution in [0.1, 0.15) is 65.3 Å². The molecule has 4 aromatic rings. The second-order valence-corrected chi connectivity index (χ2v) is 10.7. The van der Waals surface area contributed by atoms with Crippen LogP contribution in [0.2, 0.25) is 0 Å². The third-order valence-electron chi connectivity index (χ3n) is 7.62. The molecule has 0 saturated carbocycles. The minimum atomic E-state index is -5.04. The Balaban J connectivity index is 1.55. The van der Waals surface area contributed by atoms with Gasteiger partial charge in [0, 0.05) is 31.1 Å². The Morgan fingerprint density at radius 3 is 2.38 bits per heavy atom. The third kappa shape index (κ3) is 7.47. The van der Waals surface area contributed by atoms with E-state index in [9.17, 15) is 41.0 Å². The molecule has 18 heteroatoms. The molecule has 2 atom stereocenters. The van der Waals surface area contributed by atoms with Crippen molar-refractivity contribution in [3.05, 3.63) is 86.5 Å². The maximum Gasteiger partial charge on any atom is 0.438 e. The average molecular weight is 668 g/mol. The highest BCUT2D eigenvalue weighted by Gasteiger charge is 2.38. The number of benzene rings is 1. The van der Waals surface area contributed by atoms with Crippen LogP contribution in [0.4, 0.5) is 42.8 Å². The third-order valence-corrected chi connectivity index (χ3v) is 7.62. The topological polar surface area (TPSA) is 159 Å². The lowest BCUT2D eigenvalue weighted by atomic mass is 9.93. The largest absolute Gasteiger partial charge is 0.481 e. The van der Waals surface area contributed by atoms with Gasteiger partial charge >= 0.3 is 24.2 Å². The summed E-state index contributed by atoms with van der Waals surface area (Å²) in [5, 5.41) is 16.6. The second-order valence-electron chi connectivity index (χ2n) is 10.7. The lowest BCUT2D eigenvalue weighted by molar-refractivity contribution is -0.143. The molecule has 12 nitrogen and oxygen atoms in total. The van der Waals surface area contributed by atoms with Gasteiger partial charge < -0.3 is 15.2 Å². The minimum absolute atomic E-state index is 0.0270. The number of hydrogen-bond acceptors (Lipinski definition) is 9. The number of pyridine rings is 1. The molecule has 0 saturated heterocycles. The van der Waals surface area contributed by atoms with Crippen LogP contribution in [0.15, 0.2) is 45.8 Å². The normalized spacial score (nSPS) is 16.6. The predicted molar refractivity (Wildman–Crippen MR) is 152 cm³/mol. The second kappa shape index (κ2) is 12.9. The van der Waals surface area contributed by atoms with E-state index < -0.39 is 53.8 Å². The molecule has 0 spiro atoms. The quantitative estimate of drug-likeness (QED) is 0.187. The fourth-order valence-electron chi connectivity index (χ4n) is 5.41. The number of anilines is 2. The van der Waals surface area contributed by atoms with Crippen molar-refractivity contribution in [3.8, 4) is 5.88 Å². The zero-order chi connectivity index (χ0) is 34.1. The molecule has 4 heterocycles. The van der Waals surface area contributed by atoms with Crippen molar-refractivity contribution in [3.63, 3.8) is 0 Å². The Bertz CT molecular complexity index is 1790. The minimum Gasteiger partial charge on any atom is -0.481 e. The van der Waals surface area contributed by atoms with Crippen LogP contribution in [0.5, 0.6) is 5.88 Å². The van der Waals surface area contributed by atoms with E-state index in [2.05, 4.69) is 34.9 Å². The maximum atomic E-state index is 13.6. The van der Waals surface area contributed by atoms with Gasteiger partial charge in [0.2, 0.25) is 11.8 Å². The van der Waals surface area contributed by atoms with Crippen LogP contribution in [0.3, 0.4) is 0 Å². The number of fused-ring (bicyclic) bond motifs is 1. The number of rotatable bonds is 9. The van der Waals surface area contributed by atoms with Gasteiger partial charge in [0.25, 0.3) is 0 Å². The first kappa shape index (κ1) is 33.2. The number of carbonyl (C=O) groups is 1. The predicted octanol–water partition coefficient (Wildman–Crippen LogP) is 5.79. The first-order chi connectivity index (χ1) is 22.2. The van der Waals surface area contributed by atoms with Crippen molar-refractivity contribution in [1.82, 2.24) is 25.1 Å². The van der Waals surface area contributed by atoms with Gasteiger partial charge in [0.1, 0.15) is 0 Å². The Morgan fingerprint density at radius 2 is 1.81 bits per heavy atom. The summed E-state index contributed by atoms with van der Waals surface area (Å²) in [6.07, 6.45) is -9.47. The van der Waals surface area contributed by atoms with Crippen molar-refractivity contribution in [2.45, 2.75) is 63.5 Å². The number of methoxy groups -OCH3 is 1. The Morgan fingerprint density at radius 1 is 1.11 bits per heavy atom. The van der Waals surface area contributed by atoms with E-state index >= 15 is 0 Å². The SMILES string of the molecule is CC[C@@H]1C[C@H](Nc2ncc(CCc3noc(=O)[nH]3)c(Cc3cc(C(F)(F)F)cc(C(F)(F)F)c3)n2)c2nc(OC)ccc2N1C(=O)O. The number of aromatic amines is 1. The molecular formula is C29H27F6N7O5. The Labute approximate surface area is 261 Å². The van der Waals surface area contributed by atoms with E-state index in [-0.39, 0.29) is 54.2 Å². The van der Waals surface area contributed by atoms with E-state index in [0.29, 0.717) is 35.5 Å². The van der Waals surface area contributed by atoms with E-state index in [1.807, 2.05) is 6.92 Å². The molecule has 47 heavy (non-hydrogen) atoms. The van der Waals surface area contributed by atoms with Gasteiger partial charge in [-0.15, -0.1) is 0 Å². The Hall–Kier alpha value is -5.16. The van der Waals surface area contributed by atoms with Crippen molar-refractivity contribution < 1.29 is 45.5 Å². The van der Waals surface area contributed by atoms with Crippen LogP contribution in [-0.2, 0) is 31.6 Å². The summed E-state index contributed by atoms with van der Waals surface area (Å²) in [4.78, 5) is 40.4. The van der Waals surface area contributed by atoms with Gasteiger partial charge in [-0.25, -0.2) is 24.5 Å². The van der Waals surface area contributed by atoms with Crippen molar-refractivity contribution >= 4 is 17.7 Å². The van der Waals surface area contributed by atoms with Gasteiger partial charge in [-0.05, 0) is 54.7 Å². The van der Waals surface area contributed by atoms with E-state index in [1.54, 1.807) is 6.07 Å². The summed E-state index contributed by atoms with van der Waals surface area (Å²) >= 11 is 0. The summed E-state index contributed by atoms with van der Waals surface area (Å²) in [6.45, 7) is 1.81. The van der Waals surface area contributed by atoms with Gasteiger partial charge in [-0.1, -0.05) is 12.1 Å². The number of nitrogens with zero attached hydrogens (tertiary/aromatic N) is 5. The number of aromatic nitrogens is 5. The number of nitrogens with one attached hydrogen (secondary N) is 2. The molecule has 1 aromatic carbocycles. The van der Waals surface area contributed by atoms with E-state index in [4.69, 9.17) is 4.74 Å². The average Bonchev–Trinajstić information content (AvgIpc) is 3.43. The van der Waals surface area contributed by atoms with Gasteiger partial charge in [0.15, 0.2) is 5.82 Å². The fourth-order valence-corrected chi connectivity index (χ4v) is 5.41. The van der Waals surface area contributed by atoms with Gasteiger partial charge in [-0.2, -0.15) is 26.3 Å². The summed E-state index contributed by atoms with van der Waals surface area (Å²) < 4.78 is 91.3. The molecular weight excluding hydrogens is 640 g/mol. The zero-order valence-corrected chi connectivity index (χ0v) is 24.7. The molecule has 3 aromatic heterocycles. The number of aryl methyl sites for hydroxylation is 2. The van der Waals surface area contributed by atoms with Crippen LogP contribution >= 0.6 is 0 Å². The highest BCUT2D eigenvalue weighted by Crippen LogP contribution is 2.40. The van der Waals surface area contributed by atoms with Crippen molar-refractivity contribution in [2.24, 2.45) is 0 Å². The molecule has 1 amide bonds. The molecule has 0 radical (unpaired) electrons. The zero-order valence-electron chi connectivity index (χ0n) is 24.7. The van der Waals surface area contributed by atoms with Crippen LogP contribution in [-0.4, -0.2) is 49.4 Å². The Kier molecular flexibility index (Phi) is 9.13. The summed E-state index contributed by atoms with van der Waals surface area (Å²) in [7, 11) is 1.39. The monoisotopic (exact) mass is 667 g/mol. The molecule has 1 aliphatic heterocycles. The highest BCUT2D eigenvalue weighted by atomic mass is 19.4.